The standard InChI is InChI=1S/C13H16BrN3O3S/c1-10-13(9-15-16-10)21(18,19)17(2)7-8-20-12-5-3-11(14)4-6-12/h3-6,9H,7-8H2,1-2H3,(H,15,16). The molecule has 0 radical (unpaired) electrons. The molecule has 0 aliphatic carbocycles. The number of rotatable bonds is 6. The van der Waals surface area contributed by atoms with E-state index >= 15 is 0 Å². The largest absolute Gasteiger partial charge is 0.492 e. The smallest absolute Gasteiger partial charge is 0.246 e. The van der Waals surface area contributed by atoms with Gasteiger partial charge in [-0.2, -0.15) is 9.40 Å². The second-order valence-electron chi connectivity index (χ2n) is 4.49. The molecule has 1 aromatic carbocycles. The van der Waals surface area contributed by atoms with Crippen LogP contribution in [0.5, 0.6) is 5.75 Å². The Morgan fingerprint density at radius 1 is 1.33 bits per heavy atom. The third-order valence-corrected chi connectivity index (χ3v) is 5.46. The maximum absolute atomic E-state index is 12.3. The lowest BCUT2D eigenvalue weighted by Crippen LogP contribution is -2.31. The Bertz CT molecular complexity index is 698. The van der Waals surface area contributed by atoms with Gasteiger partial charge in [0.05, 0.1) is 11.9 Å². The monoisotopic (exact) mass is 373 g/mol. The number of nitrogens with zero attached hydrogens (tertiary/aromatic N) is 2. The first-order valence-corrected chi connectivity index (χ1v) is 8.49. The van der Waals surface area contributed by atoms with Crippen molar-refractivity contribution in [2.45, 2.75) is 11.8 Å². The zero-order valence-electron chi connectivity index (χ0n) is 11.7. The molecule has 1 N–H and O–H groups in total. The van der Waals surface area contributed by atoms with Gasteiger partial charge in [-0.3, -0.25) is 5.10 Å². The number of aromatic amines is 1. The number of benzene rings is 1. The van der Waals surface area contributed by atoms with Crippen molar-refractivity contribution in [3.05, 3.63) is 40.6 Å². The van der Waals surface area contributed by atoms with Gasteiger partial charge in [0.25, 0.3) is 0 Å². The molecule has 0 saturated carbocycles. The number of H-pyrrole nitrogens is 1. The minimum Gasteiger partial charge on any atom is -0.492 e. The first-order valence-electron chi connectivity index (χ1n) is 6.26. The number of ether oxygens (including phenoxy) is 1. The highest BCUT2D eigenvalue weighted by molar-refractivity contribution is 9.10. The number of sulfonamides is 1. The van der Waals surface area contributed by atoms with Crippen LogP contribution in [0, 0.1) is 6.92 Å². The zero-order valence-corrected chi connectivity index (χ0v) is 14.1. The molecule has 0 aliphatic heterocycles. The number of likely N-dealkylation sites (N-methyl/N-ethyl adjacent to an activating group) is 1. The molecule has 0 amide bonds. The lowest BCUT2D eigenvalue weighted by atomic mass is 10.3. The first-order chi connectivity index (χ1) is 9.91. The lowest BCUT2D eigenvalue weighted by molar-refractivity contribution is 0.287. The molecule has 114 valence electrons. The van der Waals surface area contributed by atoms with Crippen molar-refractivity contribution in [3.63, 3.8) is 0 Å². The van der Waals surface area contributed by atoms with Crippen LogP contribution in [0.15, 0.2) is 39.8 Å². The first kappa shape index (κ1) is 16.0. The van der Waals surface area contributed by atoms with E-state index in [1.54, 1.807) is 6.92 Å². The fourth-order valence-electron chi connectivity index (χ4n) is 1.71. The Morgan fingerprint density at radius 2 is 2.00 bits per heavy atom. The summed E-state index contributed by atoms with van der Waals surface area (Å²) in [6.45, 7) is 2.20. The van der Waals surface area contributed by atoms with Crippen molar-refractivity contribution in [2.24, 2.45) is 0 Å². The Kier molecular flexibility index (Phi) is 5.02. The van der Waals surface area contributed by atoms with Gasteiger partial charge in [0, 0.05) is 18.1 Å². The van der Waals surface area contributed by atoms with Crippen LogP contribution >= 0.6 is 15.9 Å². The summed E-state index contributed by atoms with van der Waals surface area (Å²) < 4.78 is 32.4. The molecule has 1 aromatic heterocycles. The highest BCUT2D eigenvalue weighted by Crippen LogP contribution is 2.18. The molecule has 0 fully saturated rings. The number of hydrogen-bond acceptors (Lipinski definition) is 4. The summed E-state index contributed by atoms with van der Waals surface area (Å²) in [5.74, 6) is 0.698. The highest BCUT2D eigenvalue weighted by Gasteiger charge is 2.23. The summed E-state index contributed by atoms with van der Waals surface area (Å²) in [4.78, 5) is 0.189. The minimum absolute atomic E-state index is 0.189. The fourth-order valence-corrected chi connectivity index (χ4v) is 3.24. The molecular formula is C13H16BrN3O3S. The molecule has 2 rings (SSSR count). The normalized spacial score (nSPS) is 11.8. The van der Waals surface area contributed by atoms with Crippen molar-refractivity contribution < 1.29 is 13.2 Å². The van der Waals surface area contributed by atoms with Crippen LogP contribution in [0.4, 0.5) is 0 Å². The molecule has 0 bridgehead atoms. The minimum atomic E-state index is -3.54. The van der Waals surface area contributed by atoms with E-state index in [9.17, 15) is 8.42 Å². The molecular weight excluding hydrogens is 358 g/mol. The Balaban J connectivity index is 1.94. The third-order valence-electron chi connectivity index (χ3n) is 2.96. The van der Waals surface area contributed by atoms with Crippen molar-refractivity contribution >= 4 is 26.0 Å². The van der Waals surface area contributed by atoms with Crippen molar-refractivity contribution in [1.82, 2.24) is 14.5 Å². The fraction of sp³-hybridized carbons (Fsp3) is 0.308. The SMILES string of the molecule is Cc1[nH]ncc1S(=O)(=O)N(C)CCOc1ccc(Br)cc1. The van der Waals surface area contributed by atoms with Gasteiger partial charge in [0.2, 0.25) is 10.0 Å². The van der Waals surface area contributed by atoms with E-state index in [1.807, 2.05) is 24.3 Å². The van der Waals surface area contributed by atoms with Crippen LogP contribution in [-0.2, 0) is 10.0 Å². The molecule has 0 spiro atoms. The second-order valence-corrected chi connectivity index (χ2v) is 7.42. The molecule has 0 unspecified atom stereocenters. The van der Waals surface area contributed by atoms with E-state index in [-0.39, 0.29) is 18.0 Å². The van der Waals surface area contributed by atoms with Gasteiger partial charge in [-0.25, -0.2) is 8.42 Å². The number of hydrogen-bond donors (Lipinski definition) is 1. The summed E-state index contributed by atoms with van der Waals surface area (Å²) in [7, 11) is -2.01. The van der Waals surface area contributed by atoms with E-state index in [2.05, 4.69) is 26.1 Å². The summed E-state index contributed by atoms with van der Waals surface area (Å²) >= 11 is 3.34. The van der Waals surface area contributed by atoms with Crippen LogP contribution in [0.25, 0.3) is 0 Å². The zero-order chi connectivity index (χ0) is 15.5. The number of halogens is 1. The maximum atomic E-state index is 12.3. The second kappa shape index (κ2) is 6.59. The van der Waals surface area contributed by atoms with E-state index in [0.717, 1.165) is 4.47 Å². The molecule has 8 heteroatoms. The van der Waals surface area contributed by atoms with Crippen molar-refractivity contribution in [3.8, 4) is 5.75 Å². The van der Waals surface area contributed by atoms with Gasteiger partial charge in [-0.1, -0.05) is 15.9 Å². The summed E-state index contributed by atoms with van der Waals surface area (Å²) in [5, 5.41) is 6.37. The molecule has 0 atom stereocenters. The van der Waals surface area contributed by atoms with Gasteiger partial charge in [0.15, 0.2) is 0 Å². The topological polar surface area (TPSA) is 75.3 Å². The van der Waals surface area contributed by atoms with Crippen molar-refractivity contribution in [2.75, 3.05) is 20.2 Å². The van der Waals surface area contributed by atoms with Crippen LogP contribution in [0.1, 0.15) is 5.69 Å². The summed E-state index contributed by atoms with van der Waals surface area (Å²) in [5.41, 5.74) is 0.524. The number of aromatic nitrogens is 2. The summed E-state index contributed by atoms with van der Waals surface area (Å²) in [6.07, 6.45) is 1.32. The van der Waals surface area contributed by atoms with Crippen LogP contribution in [0.3, 0.4) is 0 Å². The van der Waals surface area contributed by atoms with E-state index < -0.39 is 10.0 Å². The maximum Gasteiger partial charge on any atom is 0.246 e. The number of nitrogens with one attached hydrogen (secondary N) is 1. The predicted molar refractivity (Wildman–Crippen MR) is 82.8 cm³/mol. The summed E-state index contributed by atoms with van der Waals surface area (Å²) in [6, 6.07) is 7.37. The quantitative estimate of drug-likeness (QED) is 0.841. The van der Waals surface area contributed by atoms with Crippen LogP contribution in [0.2, 0.25) is 0 Å². The van der Waals surface area contributed by atoms with Gasteiger partial charge in [-0.05, 0) is 31.2 Å². The Hall–Kier alpha value is -1.38. The number of aryl methyl sites for hydroxylation is 1. The molecule has 6 nitrogen and oxygen atoms in total. The molecule has 21 heavy (non-hydrogen) atoms. The van der Waals surface area contributed by atoms with Gasteiger partial charge in [-0.15, -0.1) is 0 Å². The molecule has 2 aromatic rings. The third kappa shape index (κ3) is 3.84. The van der Waals surface area contributed by atoms with Crippen LogP contribution in [-0.4, -0.2) is 43.1 Å². The predicted octanol–water partition coefficient (Wildman–Crippen LogP) is 2.18. The van der Waals surface area contributed by atoms with E-state index in [1.165, 1.54) is 17.5 Å². The molecule has 0 aliphatic rings. The van der Waals surface area contributed by atoms with E-state index in [0.29, 0.717) is 11.4 Å². The van der Waals surface area contributed by atoms with Gasteiger partial charge >= 0.3 is 0 Å². The van der Waals surface area contributed by atoms with Gasteiger partial charge in [0.1, 0.15) is 17.3 Å². The lowest BCUT2D eigenvalue weighted by Gasteiger charge is -2.17. The van der Waals surface area contributed by atoms with Crippen molar-refractivity contribution in [1.29, 1.82) is 0 Å². The highest BCUT2D eigenvalue weighted by atomic mass is 79.9. The Labute approximate surface area is 132 Å². The molecule has 1 heterocycles. The van der Waals surface area contributed by atoms with E-state index in [4.69, 9.17) is 4.74 Å². The van der Waals surface area contributed by atoms with Gasteiger partial charge < -0.3 is 4.74 Å². The van der Waals surface area contributed by atoms with Crippen LogP contribution < -0.4 is 4.74 Å². The Morgan fingerprint density at radius 3 is 2.57 bits per heavy atom. The average Bonchev–Trinajstić information content (AvgIpc) is 2.88. The molecule has 0 saturated heterocycles. The average molecular weight is 374 g/mol.